The second-order valence-corrected chi connectivity index (χ2v) is 2.65. The molecule has 0 bridgehead atoms. The summed E-state index contributed by atoms with van der Waals surface area (Å²) in [4.78, 5) is 0. The van der Waals surface area contributed by atoms with Crippen LogP contribution in [-0.4, -0.2) is 0 Å². The van der Waals surface area contributed by atoms with Crippen molar-refractivity contribution in [1.29, 1.82) is 5.26 Å². The van der Waals surface area contributed by atoms with Gasteiger partial charge in [0.2, 0.25) is 0 Å². The van der Waals surface area contributed by atoms with Gasteiger partial charge >= 0.3 is 0 Å². The predicted octanol–water partition coefficient (Wildman–Crippen LogP) is 4.51. The van der Waals surface area contributed by atoms with Crippen LogP contribution in [-0.2, 0) is 0 Å². The zero-order valence-corrected chi connectivity index (χ0v) is 10.5. The Morgan fingerprint density at radius 1 is 1.21 bits per heavy atom. The Labute approximate surface area is 93.7 Å². The molecule has 0 radical (unpaired) electrons. The molecule has 0 aliphatic heterocycles. The van der Waals surface area contributed by atoms with E-state index >= 15 is 0 Å². The molecule has 14 heavy (non-hydrogen) atoms. The molecule has 1 nitrogen and oxygen atoms in total. The minimum Gasteiger partial charge on any atom is -0.206 e. The Morgan fingerprint density at radius 2 is 1.71 bits per heavy atom. The van der Waals surface area contributed by atoms with Crippen molar-refractivity contribution in [2.75, 3.05) is 0 Å². The van der Waals surface area contributed by atoms with Crippen molar-refractivity contribution in [3.8, 4) is 6.07 Å². The normalized spacial score (nSPS) is 7.21. The molecule has 0 N–H and O–H groups in total. The highest BCUT2D eigenvalue weighted by Crippen LogP contribution is 2.13. The molecule has 78 valence electrons. The summed E-state index contributed by atoms with van der Waals surface area (Å²) in [5.41, 5.74) is 0.0724. The molecule has 0 amide bonds. The lowest BCUT2D eigenvalue weighted by atomic mass is 10.2. The summed E-state index contributed by atoms with van der Waals surface area (Å²) < 4.78 is 13.2. The first-order valence-corrected chi connectivity index (χ1v) is 5.38. The van der Waals surface area contributed by atoms with Gasteiger partial charge in [0.25, 0.3) is 0 Å². The van der Waals surface area contributed by atoms with Crippen LogP contribution in [0.2, 0.25) is 0 Å². The van der Waals surface area contributed by atoms with E-state index in [1.807, 2.05) is 27.7 Å². The van der Waals surface area contributed by atoms with Crippen LogP contribution in [0.5, 0.6) is 0 Å². The minimum atomic E-state index is -0.489. The number of hydrogen-bond acceptors (Lipinski definition) is 1. The van der Waals surface area contributed by atoms with Crippen molar-refractivity contribution in [2.24, 2.45) is 0 Å². The van der Waals surface area contributed by atoms with Gasteiger partial charge in [-0.05, 0) is 18.2 Å². The summed E-state index contributed by atoms with van der Waals surface area (Å²) >= 11 is 3.08. The van der Waals surface area contributed by atoms with Gasteiger partial charge in [-0.1, -0.05) is 43.6 Å². The van der Waals surface area contributed by atoms with Gasteiger partial charge < -0.3 is 0 Å². The fourth-order valence-corrected chi connectivity index (χ4v) is 0.913. The van der Waals surface area contributed by atoms with Gasteiger partial charge in [-0.2, -0.15) is 5.26 Å². The van der Waals surface area contributed by atoms with Gasteiger partial charge in [-0.25, -0.2) is 4.39 Å². The molecular weight excluding hydrogens is 245 g/mol. The monoisotopic (exact) mass is 259 g/mol. The minimum absolute atomic E-state index is 0.0724. The first-order chi connectivity index (χ1) is 6.74. The Kier molecular flexibility index (Phi) is 11.4. The summed E-state index contributed by atoms with van der Waals surface area (Å²) in [5, 5.41) is 8.30. The zero-order chi connectivity index (χ0) is 11.6. The Hall–Kier alpha value is -0.880. The highest BCUT2D eigenvalue weighted by molar-refractivity contribution is 9.10. The summed E-state index contributed by atoms with van der Waals surface area (Å²) in [5.74, 6) is -0.489. The number of nitrogens with zero attached hydrogens (tertiary/aromatic N) is 1. The van der Waals surface area contributed by atoms with E-state index in [-0.39, 0.29) is 5.56 Å². The zero-order valence-electron chi connectivity index (χ0n) is 8.94. The SMILES string of the molecule is CC.CC.N#Cc1ccc(Br)cc1F. The molecule has 0 saturated carbocycles. The maximum absolute atomic E-state index is 12.6. The van der Waals surface area contributed by atoms with Crippen LogP contribution in [0, 0.1) is 17.1 Å². The Bertz CT molecular complexity index is 292. The Balaban J connectivity index is 0. The number of benzene rings is 1. The van der Waals surface area contributed by atoms with Crippen molar-refractivity contribution in [2.45, 2.75) is 27.7 Å². The predicted molar refractivity (Wildman–Crippen MR) is 61.5 cm³/mol. The number of rotatable bonds is 0. The smallest absolute Gasteiger partial charge is 0.142 e. The molecular formula is C11H15BrFN. The molecule has 0 saturated heterocycles. The maximum Gasteiger partial charge on any atom is 0.142 e. The molecule has 0 aromatic heterocycles. The summed E-state index contributed by atoms with van der Waals surface area (Å²) in [6.45, 7) is 8.00. The van der Waals surface area contributed by atoms with E-state index in [1.165, 1.54) is 12.1 Å². The van der Waals surface area contributed by atoms with Gasteiger partial charge in [0.05, 0.1) is 5.56 Å². The number of halogens is 2. The van der Waals surface area contributed by atoms with Crippen molar-refractivity contribution < 1.29 is 4.39 Å². The molecule has 0 spiro atoms. The standard InChI is InChI=1S/C7H3BrFN.2C2H6/c8-6-2-1-5(4-10)7(9)3-6;2*1-2/h1-3H;2*1-2H3. The van der Waals surface area contributed by atoms with E-state index in [4.69, 9.17) is 5.26 Å². The van der Waals surface area contributed by atoms with Crippen LogP contribution >= 0.6 is 15.9 Å². The van der Waals surface area contributed by atoms with Crippen LogP contribution in [0.3, 0.4) is 0 Å². The van der Waals surface area contributed by atoms with Gasteiger partial charge in [0.1, 0.15) is 11.9 Å². The van der Waals surface area contributed by atoms with Crippen molar-refractivity contribution in [3.63, 3.8) is 0 Å². The second kappa shape index (κ2) is 10.2. The first-order valence-electron chi connectivity index (χ1n) is 4.59. The quantitative estimate of drug-likeness (QED) is 0.673. The molecule has 0 aliphatic rings. The summed E-state index contributed by atoms with van der Waals surface area (Å²) in [6.07, 6.45) is 0. The second-order valence-electron chi connectivity index (χ2n) is 1.74. The van der Waals surface area contributed by atoms with E-state index < -0.39 is 5.82 Å². The van der Waals surface area contributed by atoms with Crippen LogP contribution < -0.4 is 0 Å². The molecule has 0 fully saturated rings. The lowest BCUT2D eigenvalue weighted by molar-refractivity contribution is 0.623. The lowest BCUT2D eigenvalue weighted by Gasteiger charge is -1.91. The topological polar surface area (TPSA) is 23.8 Å². The van der Waals surface area contributed by atoms with E-state index in [9.17, 15) is 4.39 Å². The fourth-order valence-electron chi connectivity index (χ4n) is 0.580. The van der Waals surface area contributed by atoms with E-state index in [1.54, 1.807) is 12.1 Å². The molecule has 0 aliphatic carbocycles. The van der Waals surface area contributed by atoms with Gasteiger partial charge in [0, 0.05) is 4.47 Å². The largest absolute Gasteiger partial charge is 0.206 e. The molecule has 0 atom stereocenters. The highest BCUT2D eigenvalue weighted by atomic mass is 79.9. The lowest BCUT2D eigenvalue weighted by Crippen LogP contribution is -1.80. The third kappa shape index (κ3) is 5.71. The number of hydrogen-bond donors (Lipinski definition) is 0. The molecule has 0 unspecified atom stereocenters. The summed E-state index contributed by atoms with van der Waals surface area (Å²) in [6, 6.07) is 6.05. The molecule has 3 heteroatoms. The van der Waals surface area contributed by atoms with E-state index in [0.717, 1.165) is 0 Å². The fraction of sp³-hybridized carbons (Fsp3) is 0.364. The third-order valence-electron chi connectivity index (χ3n) is 1.05. The van der Waals surface area contributed by atoms with E-state index in [2.05, 4.69) is 15.9 Å². The van der Waals surface area contributed by atoms with Gasteiger partial charge in [-0.3, -0.25) is 0 Å². The van der Waals surface area contributed by atoms with Crippen molar-refractivity contribution in [1.82, 2.24) is 0 Å². The van der Waals surface area contributed by atoms with Crippen molar-refractivity contribution >= 4 is 15.9 Å². The average Bonchev–Trinajstić information content (AvgIpc) is 2.24. The summed E-state index contributed by atoms with van der Waals surface area (Å²) in [7, 11) is 0. The van der Waals surface area contributed by atoms with Crippen LogP contribution in [0.1, 0.15) is 33.3 Å². The van der Waals surface area contributed by atoms with E-state index in [0.29, 0.717) is 4.47 Å². The number of nitriles is 1. The van der Waals surface area contributed by atoms with Crippen LogP contribution in [0.25, 0.3) is 0 Å². The first kappa shape index (κ1) is 15.6. The molecule has 1 aromatic carbocycles. The van der Waals surface area contributed by atoms with Gasteiger partial charge in [-0.15, -0.1) is 0 Å². The maximum atomic E-state index is 12.6. The highest BCUT2D eigenvalue weighted by Gasteiger charge is 1.98. The third-order valence-corrected chi connectivity index (χ3v) is 1.54. The van der Waals surface area contributed by atoms with Gasteiger partial charge in [0.15, 0.2) is 0 Å². The van der Waals surface area contributed by atoms with Crippen molar-refractivity contribution in [3.05, 3.63) is 34.1 Å². The molecule has 1 aromatic rings. The Morgan fingerprint density at radius 3 is 2.07 bits per heavy atom. The molecule has 1 rings (SSSR count). The molecule has 0 heterocycles. The average molecular weight is 260 g/mol. The van der Waals surface area contributed by atoms with Crippen LogP contribution in [0.4, 0.5) is 4.39 Å². The van der Waals surface area contributed by atoms with Crippen LogP contribution in [0.15, 0.2) is 22.7 Å².